The summed E-state index contributed by atoms with van der Waals surface area (Å²) in [6, 6.07) is 24.2. The molecule has 6 N–H and O–H groups in total. The number of amides is 2. The van der Waals surface area contributed by atoms with Crippen molar-refractivity contribution in [3.63, 3.8) is 0 Å². The van der Waals surface area contributed by atoms with Crippen LogP contribution in [0, 0.1) is 5.92 Å². The fourth-order valence-electron chi connectivity index (χ4n) is 6.23. The molecule has 0 spiro atoms. The van der Waals surface area contributed by atoms with Gasteiger partial charge in [-0.1, -0.05) is 98.8 Å². The Bertz CT molecular complexity index is 1470. The van der Waals surface area contributed by atoms with E-state index in [4.69, 9.17) is 14.2 Å². The van der Waals surface area contributed by atoms with Gasteiger partial charge in [0.1, 0.15) is 12.2 Å². The summed E-state index contributed by atoms with van der Waals surface area (Å²) in [5.41, 5.74) is 3.09. The average Bonchev–Trinajstić information content (AvgIpc) is 3.68. The fourth-order valence-corrected chi connectivity index (χ4v) is 6.23. The van der Waals surface area contributed by atoms with E-state index in [0.717, 1.165) is 22.3 Å². The Morgan fingerprint density at radius 2 is 1.31 bits per heavy atom. The molecule has 48 heavy (non-hydrogen) atoms. The van der Waals surface area contributed by atoms with Crippen LogP contribution in [-0.2, 0) is 43.4 Å². The van der Waals surface area contributed by atoms with Crippen LogP contribution in [0.25, 0.3) is 0 Å². The molecule has 3 aromatic carbocycles. The van der Waals surface area contributed by atoms with Gasteiger partial charge >= 0.3 is 0 Å². The van der Waals surface area contributed by atoms with Crippen LogP contribution in [0.3, 0.4) is 0 Å². The number of hydrogen-bond donors (Lipinski definition) is 6. The highest BCUT2D eigenvalue weighted by Gasteiger charge is 2.43. The van der Waals surface area contributed by atoms with Crippen LogP contribution in [0.5, 0.6) is 0 Å². The number of aliphatic hydroxyl groups is 4. The molecule has 2 amide bonds. The van der Waals surface area contributed by atoms with Gasteiger partial charge < -0.3 is 45.3 Å². The number of rotatable bonds is 15. The van der Waals surface area contributed by atoms with E-state index in [2.05, 4.69) is 10.6 Å². The molecule has 0 saturated carbocycles. The SMILES string of the molecule is CC(C)C(O)C1CC(NC(=O)[C@H](OCc2ccccc2)[C@H](O)[C@@H](O)[C@@H](OCc2ccccc2)C(=O)N[C@H]2c3ccccc3C[C@H]2O)CO1. The van der Waals surface area contributed by atoms with Gasteiger partial charge in [0.15, 0.2) is 12.2 Å². The van der Waals surface area contributed by atoms with Crippen molar-refractivity contribution >= 4 is 11.8 Å². The lowest BCUT2D eigenvalue weighted by Crippen LogP contribution is -2.57. The van der Waals surface area contributed by atoms with Crippen molar-refractivity contribution in [1.82, 2.24) is 10.6 Å². The number of fused-ring (bicyclic) bond motifs is 1. The van der Waals surface area contributed by atoms with Crippen molar-refractivity contribution in [2.75, 3.05) is 6.61 Å². The van der Waals surface area contributed by atoms with Gasteiger partial charge in [0.05, 0.1) is 50.2 Å². The lowest BCUT2D eigenvalue weighted by molar-refractivity contribution is -0.171. The predicted molar refractivity (Wildman–Crippen MR) is 176 cm³/mol. The van der Waals surface area contributed by atoms with E-state index in [1.165, 1.54) is 0 Å². The highest BCUT2D eigenvalue weighted by Crippen LogP contribution is 2.31. The fraction of sp³-hybridized carbons (Fsp3) is 0.459. The monoisotopic (exact) mass is 662 g/mol. The molecule has 3 aromatic rings. The maximum Gasteiger partial charge on any atom is 0.252 e. The first kappa shape index (κ1) is 35.6. The topological polar surface area (TPSA) is 167 Å². The molecule has 1 heterocycles. The minimum absolute atomic E-state index is 0.0406. The first-order valence-corrected chi connectivity index (χ1v) is 16.5. The number of carbonyl (C=O) groups is 2. The molecule has 5 rings (SSSR count). The minimum Gasteiger partial charge on any atom is -0.390 e. The zero-order valence-corrected chi connectivity index (χ0v) is 27.2. The van der Waals surface area contributed by atoms with Crippen molar-refractivity contribution in [2.24, 2.45) is 5.92 Å². The second kappa shape index (κ2) is 16.6. The van der Waals surface area contributed by atoms with E-state index >= 15 is 0 Å². The second-order valence-electron chi connectivity index (χ2n) is 12.9. The first-order chi connectivity index (χ1) is 23.1. The van der Waals surface area contributed by atoms with Crippen LogP contribution < -0.4 is 10.6 Å². The van der Waals surface area contributed by atoms with Crippen LogP contribution in [0.15, 0.2) is 84.9 Å². The van der Waals surface area contributed by atoms with E-state index in [-0.39, 0.29) is 25.7 Å². The van der Waals surface area contributed by atoms with Gasteiger partial charge in [-0.05, 0) is 34.6 Å². The van der Waals surface area contributed by atoms with Crippen LogP contribution in [0.4, 0.5) is 0 Å². The number of benzene rings is 3. The molecule has 0 aromatic heterocycles. The van der Waals surface area contributed by atoms with Crippen molar-refractivity contribution in [3.05, 3.63) is 107 Å². The maximum atomic E-state index is 13.8. The molecule has 1 saturated heterocycles. The van der Waals surface area contributed by atoms with Crippen molar-refractivity contribution in [1.29, 1.82) is 0 Å². The summed E-state index contributed by atoms with van der Waals surface area (Å²) in [6.07, 6.45) is -8.45. The largest absolute Gasteiger partial charge is 0.390 e. The van der Waals surface area contributed by atoms with Gasteiger partial charge in [-0.15, -0.1) is 0 Å². The molecule has 0 bridgehead atoms. The van der Waals surface area contributed by atoms with Crippen LogP contribution >= 0.6 is 0 Å². The highest BCUT2D eigenvalue weighted by molar-refractivity contribution is 5.84. The van der Waals surface area contributed by atoms with Gasteiger partial charge in [0, 0.05) is 6.42 Å². The lowest BCUT2D eigenvalue weighted by atomic mass is 9.98. The molecule has 0 radical (unpaired) electrons. The number of carbonyl (C=O) groups excluding carboxylic acids is 2. The number of hydrogen-bond acceptors (Lipinski definition) is 9. The second-order valence-corrected chi connectivity index (χ2v) is 12.9. The summed E-state index contributed by atoms with van der Waals surface area (Å²) in [6.45, 7) is 3.77. The zero-order chi connectivity index (χ0) is 34.2. The van der Waals surface area contributed by atoms with Crippen molar-refractivity contribution in [2.45, 2.75) is 94.7 Å². The van der Waals surface area contributed by atoms with Crippen LogP contribution in [0.2, 0.25) is 0 Å². The van der Waals surface area contributed by atoms with Crippen molar-refractivity contribution < 1.29 is 44.2 Å². The Hall–Kier alpha value is -3.68. The molecule has 2 aliphatic rings. The summed E-state index contributed by atoms with van der Waals surface area (Å²) in [7, 11) is 0. The molecule has 11 heteroatoms. The predicted octanol–water partition coefficient (Wildman–Crippen LogP) is 1.94. The smallest absolute Gasteiger partial charge is 0.252 e. The Morgan fingerprint density at radius 1 is 0.792 bits per heavy atom. The molecule has 3 unspecified atom stereocenters. The van der Waals surface area contributed by atoms with Gasteiger partial charge in [-0.25, -0.2) is 0 Å². The Balaban J connectivity index is 1.35. The number of ether oxygens (including phenoxy) is 3. The van der Waals surface area contributed by atoms with Crippen LogP contribution in [0.1, 0.15) is 48.6 Å². The van der Waals surface area contributed by atoms with E-state index < -0.39 is 66.6 Å². The van der Waals surface area contributed by atoms with Crippen molar-refractivity contribution in [3.8, 4) is 0 Å². The molecule has 1 aliphatic heterocycles. The summed E-state index contributed by atoms with van der Waals surface area (Å²) in [5, 5.41) is 50.1. The lowest BCUT2D eigenvalue weighted by Gasteiger charge is -2.32. The standard InChI is InChI=1S/C37H46N2O9/c1-22(2)31(41)29-18-26(21-46-29)38-36(44)34(47-19-23-11-5-3-6-12-23)32(42)33(43)35(48-20-24-13-7-4-8-14-24)37(45)39-30-27-16-10-9-15-25(27)17-28(30)40/h3-16,22,26,28-35,40-43H,17-21H2,1-2H3,(H,38,44)(H,39,45)/t26?,28-,29?,30+,31?,32-,33-,34-,35-/m1/s1. The Kier molecular flexibility index (Phi) is 12.3. The molecule has 9 atom stereocenters. The molecule has 1 aliphatic carbocycles. The average molecular weight is 663 g/mol. The van der Waals surface area contributed by atoms with E-state index in [9.17, 15) is 30.0 Å². The zero-order valence-electron chi connectivity index (χ0n) is 27.2. The summed E-state index contributed by atoms with van der Waals surface area (Å²) < 4.78 is 17.6. The molecular weight excluding hydrogens is 616 g/mol. The van der Waals surface area contributed by atoms with E-state index in [0.29, 0.717) is 12.8 Å². The molecule has 1 fully saturated rings. The first-order valence-electron chi connectivity index (χ1n) is 16.5. The van der Waals surface area contributed by atoms with E-state index in [1.54, 1.807) is 36.4 Å². The number of nitrogens with one attached hydrogen (secondary N) is 2. The molecule has 258 valence electrons. The van der Waals surface area contributed by atoms with E-state index in [1.807, 2.05) is 62.4 Å². The third kappa shape index (κ3) is 8.86. The van der Waals surface area contributed by atoms with Gasteiger partial charge in [0.2, 0.25) is 0 Å². The number of aliphatic hydroxyl groups excluding tert-OH is 4. The quantitative estimate of drug-likeness (QED) is 0.143. The third-order valence-electron chi connectivity index (χ3n) is 8.97. The van der Waals surface area contributed by atoms with Gasteiger partial charge in [0.25, 0.3) is 11.8 Å². The van der Waals surface area contributed by atoms with Gasteiger partial charge in [-0.2, -0.15) is 0 Å². The highest BCUT2D eigenvalue weighted by atomic mass is 16.5. The summed E-state index contributed by atoms with van der Waals surface area (Å²) in [4.78, 5) is 27.5. The van der Waals surface area contributed by atoms with Gasteiger partial charge in [-0.3, -0.25) is 9.59 Å². The summed E-state index contributed by atoms with van der Waals surface area (Å²) in [5.74, 6) is -1.52. The third-order valence-corrected chi connectivity index (χ3v) is 8.97. The Morgan fingerprint density at radius 3 is 1.88 bits per heavy atom. The normalized spacial score (nSPS) is 23.6. The molecular formula is C37H46N2O9. The minimum atomic E-state index is -1.91. The molecule has 11 nitrogen and oxygen atoms in total. The summed E-state index contributed by atoms with van der Waals surface area (Å²) >= 11 is 0. The van der Waals surface area contributed by atoms with Crippen LogP contribution in [-0.4, -0.2) is 87.6 Å². The Labute approximate surface area is 280 Å². The maximum absolute atomic E-state index is 13.8.